The average molecular weight is 405 g/mol. The lowest BCUT2D eigenvalue weighted by Crippen LogP contribution is -2.23. The van der Waals surface area contributed by atoms with Gasteiger partial charge < -0.3 is 5.32 Å². The number of pyridine rings is 1. The van der Waals surface area contributed by atoms with E-state index in [2.05, 4.69) is 10.3 Å². The molecule has 4 aromatic rings. The zero-order chi connectivity index (χ0) is 21.5. The maximum absolute atomic E-state index is 12.6. The van der Waals surface area contributed by atoms with Crippen LogP contribution in [0.25, 0.3) is 23.0 Å². The summed E-state index contributed by atoms with van der Waals surface area (Å²) in [5, 5.41) is 17.1. The van der Waals surface area contributed by atoms with Gasteiger partial charge in [0.15, 0.2) is 0 Å². The van der Waals surface area contributed by atoms with Crippen molar-refractivity contribution in [1.29, 1.82) is 5.26 Å². The molecule has 2 aromatic carbocycles. The van der Waals surface area contributed by atoms with Gasteiger partial charge in [0.05, 0.1) is 5.69 Å². The molecule has 0 unspecified atom stereocenters. The summed E-state index contributed by atoms with van der Waals surface area (Å²) in [7, 11) is 0. The third kappa shape index (κ3) is 4.74. The first-order valence-corrected chi connectivity index (χ1v) is 9.74. The number of hydrogen-bond acceptors (Lipinski definition) is 4. The molecule has 6 nitrogen and oxygen atoms in total. The number of para-hydroxylation sites is 1. The molecular weight excluding hydrogens is 386 g/mol. The van der Waals surface area contributed by atoms with Crippen LogP contribution in [-0.2, 0) is 11.3 Å². The van der Waals surface area contributed by atoms with Gasteiger partial charge in [-0.15, -0.1) is 0 Å². The summed E-state index contributed by atoms with van der Waals surface area (Å²) < 4.78 is 1.73. The van der Waals surface area contributed by atoms with Crippen LogP contribution in [0.2, 0.25) is 0 Å². The van der Waals surface area contributed by atoms with Crippen LogP contribution >= 0.6 is 0 Å². The number of carbonyl (C=O) groups excluding carboxylic acids is 1. The van der Waals surface area contributed by atoms with Crippen LogP contribution < -0.4 is 5.32 Å². The maximum Gasteiger partial charge on any atom is 0.262 e. The van der Waals surface area contributed by atoms with Crippen molar-refractivity contribution < 1.29 is 4.79 Å². The van der Waals surface area contributed by atoms with E-state index in [0.717, 1.165) is 16.8 Å². The summed E-state index contributed by atoms with van der Waals surface area (Å²) in [6, 6.07) is 24.9. The quantitative estimate of drug-likeness (QED) is 0.386. The number of nitriles is 1. The van der Waals surface area contributed by atoms with E-state index >= 15 is 0 Å². The van der Waals surface area contributed by atoms with Gasteiger partial charge in [0.1, 0.15) is 17.3 Å². The Balaban J connectivity index is 1.67. The Morgan fingerprint density at radius 3 is 2.35 bits per heavy atom. The van der Waals surface area contributed by atoms with Crippen molar-refractivity contribution >= 4 is 12.0 Å². The van der Waals surface area contributed by atoms with E-state index < -0.39 is 5.91 Å². The molecule has 0 spiro atoms. The first kappa shape index (κ1) is 19.8. The second-order valence-electron chi connectivity index (χ2n) is 6.79. The molecule has 0 bridgehead atoms. The lowest BCUT2D eigenvalue weighted by atomic mass is 10.1. The van der Waals surface area contributed by atoms with Gasteiger partial charge in [0.25, 0.3) is 5.91 Å². The number of hydrogen-bond donors (Lipinski definition) is 1. The number of rotatable bonds is 6. The van der Waals surface area contributed by atoms with Crippen LogP contribution in [-0.4, -0.2) is 20.7 Å². The number of carbonyl (C=O) groups is 1. The van der Waals surface area contributed by atoms with Crippen molar-refractivity contribution in [3.05, 3.63) is 108 Å². The highest BCUT2D eigenvalue weighted by atomic mass is 16.1. The molecule has 1 N–H and O–H groups in total. The third-order valence-electron chi connectivity index (χ3n) is 4.68. The number of aromatic nitrogens is 3. The molecule has 0 aliphatic carbocycles. The molecule has 6 heteroatoms. The predicted molar refractivity (Wildman–Crippen MR) is 119 cm³/mol. The molecule has 1 amide bonds. The van der Waals surface area contributed by atoms with E-state index in [1.54, 1.807) is 23.2 Å². The third-order valence-corrected chi connectivity index (χ3v) is 4.68. The van der Waals surface area contributed by atoms with Gasteiger partial charge in [-0.25, -0.2) is 4.68 Å². The van der Waals surface area contributed by atoms with Crippen LogP contribution in [0.4, 0.5) is 0 Å². The minimum atomic E-state index is -0.431. The van der Waals surface area contributed by atoms with Gasteiger partial charge in [-0.1, -0.05) is 48.5 Å². The summed E-state index contributed by atoms with van der Waals surface area (Å²) in [6.45, 7) is 0.346. The number of nitrogens with one attached hydrogen (secondary N) is 1. The minimum absolute atomic E-state index is 0.0128. The molecule has 4 rings (SSSR count). The summed E-state index contributed by atoms with van der Waals surface area (Å²) in [6.07, 6.45) is 6.75. The van der Waals surface area contributed by atoms with E-state index in [0.29, 0.717) is 17.8 Å². The SMILES string of the molecule is N#CC(=Cc1cn(-c2ccccc2)nc1-c1ccncc1)C(=O)NCc1ccccc1. The van der Waals surface area contributed by atoms with Crippen LogP contribution in [0.1, 0.15) is 11.1 Å². The lowest BCUT2D eigenvalue weighted by Gasteiger charge is -2.04. The summed E-state index contributed by atoms with van der Waals surface area (Å²) in [5.41, 5.74) is 4.03. The molecule has 0 aliphatic rings. The Kier molecular flexibility index (Phi) is 5.96. The zero-order valence-corrected chi connectivity index (χ0v) is 16.6. The molecule has 2 heterocycles. The predicted octanol–water partition coefficient (Wildman–Crippen LogP) is 4.16. The minimum Gasteiger partial charge on any atom is -0.347 e. The van der Waals surface area contributed by atoms with Gasteiger partial charge >= 0.3 is 0 Å². The highest BCUT2D eigenvalue weighted by molar-refractivity contribution is 6.02. The number of benzene rings is 2. The van der Waals surface area contributed by atoms with Crippen LogP contribution in [0.5, 0.6) is 0 Å². The Labute approximate surface area is 180 Å². The molecular formula is C25H19N5O. The van der Waals surface area contributed by atoms with Crippen molar-refractivity contribution in [2.75, 3.05) is 0 Å². The van der Waals surface area contributed by atoms with Crippen molar-refractivity contribution in [1.82, 2.24) is 20.1 Å². The summed E-state index contributed by atoms with van der Waals surface area (Å²) in [4.78, 5) is 16.7. The second kappa shape index (κ2) is 9.33. The maximum atomic E-state index is 12.6. The van der Waals surface area contributed by atoms with Crippen molar-refractivity contribution in [2.24, 2.45) is 0 Å². The van der Waals surface area contributed by atoms with Gasteiger partial charge in [0.2, 0.25) is 0 Å². The van der Waals surface area contributed by atoms with Gasteiger partial charge in [-0.3, -0.25) is 9.78 Å². The monoisotopic (exact) mass is 405 g/mol. The molecule has 2 aromatic heterocycles. The summed E-state index contributed by atoms with van der Waals surface area (Å²) in [5.74, 6) is -0.431. The molecule has 0 atom stereocenters. The molecule has 0 fully saturated rings. The molecule has 150 valence electrons. The van der Waals surface area contributed by atoms with E-state index in [-0.39, 0.29) is 5.57 Å². The van der Waals surface area contributed by atoms with E-state index in [1.165, 1.54) is 0 Å². The van der Waals surface area contributed by atoms with Crippen molar-refractivity contribution in [3.8, 4) is 23.0 Å². The smallest absolute Gasteiger partial charge is 0.262 e. The zero-order valence-electron chi connectivity index (χ0n) is 16.6. The molecule has 0 radical (unpaired) electrons. The fourth-order valence-electron chi connectivity index (χ4n) is 3.12. The molecule has 0 aliphatic heterocycles. The second-order valence-corrected chi connectivity index (χ2v) is 6.79. The van der Waals surface area contributed by atoms with Crippen molar-refractivity contribution in [2.45, 2.75) is 6.54 Å². The largest absolute Gasteiger partial charge is 0.347 e. The van der Waals surface area contributed by atoms with Crippen LogP contribution in [0.3, 0.4) is 0 Å². The topological polar surface area (TPSA) is 83.6 Å². The molecule has 0 saturated carbocycles. The summed E-state index contributed by atoms with van der Waals surface area (Å²) >= 11 is 0. The normalized spacial score (nSPS) is 11.0. The Bertz CT molecular complexity index is 1240. The van der Waals surface area contributed by atoms with E-state index in [1.807, 2.05) is 85.1 Å². The highest BCUT2D eigenvalue weighted by Crippen LogP contribution is 2.25. The van der Waals surface area contributed by atoms with Gasteiger partial charge in [0, 0.05) is 36.3 Å². The fraction of sp³-hybridized carbons (Fsp3) is 0.0400. The molecule has 31 heavy (non-hydrogen) atoms. The first-order valence-electron chi connectivity index (χ1n) is 9.74. The van der Waals surface area contributed by atoms with Crippen LogP contribution in [0, 0.1) is 11.3 Å². The Morgan fingerprint density at radius 1 is 1.00 bits per heavy atom. The standard InChI is InChI=1S/C25H19N5O/c26-16-21(25(31)28-17-19-7-3-1-4-8-19)15-22-18-30(23-9-5-2-6-10-23)29-24(22)20-11-13-27-14-12-20/h1-15,18H,17H2,(H,28,31). The Hall–Kier alpha value is -4.50. The molecule has 0 saturated heterocycles. The van der Waals surface area contributed by atoms with Gasteiger partial charge in [-0.05, 0) is 35.9 Å². The highest BCUT2D eigenvalue weighted by Gasteiger charge is 2.15. The fourth-order valence-corrected chi connectivity index (χ4v) is 3.12. The van der Waals surface area contributed by atoms with Crippen molar-refractivity contribution in [3.63, 3.8) is 0 Å². The number of nitrogens with zero attached hydrogens (tertiary/aromatic N) is 4. The number of amides is 1. The van der Waals surface area contributed by atoms with E-state index in [4.69, 9.17) is 5.10 Å². The first-order chi connectivity index (χ1) is 15.2. The van der Waals surface area contributed by atoms with Crippen LogP contribution in [0.15, 0.2) is 97.0 Å². The van der Waals surface area contributed by atoms with E-state index in [9.17, 15) is 10.1 Å². The average Bonchev–Trinajstić information content (AvgIpc) is 3.27. The Morgan fingerprint density at radius 2 is 1.68 bits per heavy atom. The van der Waals surface area contributed by atoms with Gasteiger partial charge in [-0.2, -0.15) is 10.4 Å². The lowest BCUT2D eigenvalue weighted by molar-refractivity contribution is -0.117.